The van der Waals surface area contributed by atoms with Crippen LogP contribution < -0.4 is 4.74 Å². The molecule has 2 aliphatic heterocycles. The van der Waals surface area contributed by atoms with Crippen LogP contribution in [0.15, 0.2) is 12.1 Å². The number of rotatable bonds is 3. The van der Waals surface area contributed by atoms with E-state index in [2.05, 4.69) is 18.0 Å². The van der Waals surface area contributed by atoms with Crippen LogP contribution in [-0.2, 0) is 16.6 Å². The Morgan fingerprint density at radius 3 is 3.04 bits per heavy atom. The maximum Gasteiger partial charge on any atom is 0.153 e. The summed E-state index contributed by atoms with van der Waals surface area (Å²) in [5, 5.41) is 12.0. The number of ether oxygens (including phenoxy) is 2. The lowest BCUT2D eigenvalue weighted by atomic mass is 9.48. The molecule has 2 unspecified atom stereocenters. The van der Waals surface area contributed by atoms with Gasteiger partial charge in [0, 0.05) is 18.2 Å². The third-order valence-electron chi connectivity index (χ3n) is 7.23. The highest BCUT2D eigenvalue weighted by molar-refractivity contribution is 5.82. The second-order valence-electron chi connectivity index (χ2n) is 8.05. The molecule has 1 saturated heterocycles. The number of carbonyl (C=O) groups excluding carboxylic acids is 1. The fraction of sp³-hybridized carbons (Fsp3) is 0.650. The molecule has 0 amide bonds. The molecule has 5 heteroatoms. The summed E-state index contributed by atoms with van der Waals surface area (Å²) in [5.41, 5.74) is 1.64. The molecule has 134 valence electrons. The van der Waals surface area contributed by atoms with Crippen molar-refractivity contribution in [1.82, 2.24) is 4.90 Å². The van der Waals surface area contributed by atoms with E-state index < -0.39 is 11.0 Å². The van der Waals surface area contributed by atoms with E-state index in [1.165, 1.54) is 5.56 Å². The summed E-state index contributed by atoms with van der Waals surface area (Å²) < 4.78 is 12.5. The predicted molar refractivity (Wildman–Crippen MR) is 92.3 cm³/mol. The van der Waals surface area contributed by atoms with E-state index >= 15 is 0 Å². The Morgan fingerprint density at radius 2 is 2.28 bits per heavy atom. The van der Waals surface area contributed by atoms with E-state index in [1.54, 1.807) is 0 Å². The lowest BCUT2D eigenvalue weighted by molar-refractivity contribution is -0.211. The van der Waals surface area contributed by atoms with Crippen LogP contribution in [0.1, 0.15) is 47.7 Å². The van der Waals surface area contributed by atoms with Crippen LogP contribution in [0.3, 0.4) is 0 Å². The summed E-state index contributed by atoms with van der Waals surface area (Å²) in [6, 6.07) is 4.02. The Bertz CT molecular complexity index is 749. The molecule has 1 N–H and O–H groups in total. The van der Waals surface area contributed by atoms with Crippen molar-refractivity contribution in [3.8, 4) is 5.75 Å². The molecule has 2 fully saturated rings. The summed E-state index contributed by atoms with van der Waals surface area (Å²) >= 11 is 0. The van der Waals surface area contributed by atoms with Crippen LogP contribution in [-0.4, -0.2) is 60.3 Å². The molecule has 1 aromatic rings. The molecular weight excluding hydrogens is 318 g/mol. The zero-order valence-corrected chi connectivity index (χ0v) is 14.8. The lowest BCUT2D eigenvalue weighted by Crippen LogP contribution is -2.76. The molecule has 5 rings (SSSR count). The number of hydrogen-bond donors (Lipinski definition) is 1. The summed E-state index contributed by atoms with van der Waals surface area (Å²) in [6.07, 6.45) is 3.79. The maximum absolute atomic E-state index is 12.0. The van der Waals surface area contributed by atoms with Gasteiger partial charge in [0.2, 0.25) is 0 Å². The van der Waals surface area contributed by atoms with Crippen LogP contribution in [0.5, 0.6) is 5.75 Å². The Morgan fingerprint density at radius 1 is 1.44 bits per heavy atom. The fourth-order valence-electron chi connectivity index (χ4n) is 6.22. The van der Waals surface area contributed by atoms with Crippen LogP contribution in [0.4, 0.5) is 0 Å². The molecule has 1 saturated carbocycles. The fourth-order valence-corrected chi connectivity index (χ4v) is 6.22. The molecule has 4 aliphatic rings. The van der Waals surface area contributed by atoms with Gasteiger partial charge in [-0.05, 0) is 57.8 Å². The van der Waals surface area contributed by atoms with E-state index in [1.807, 2.05) is 13.0 Å². The highest BCUT2D eigenvalue weighted by Gasteiger charge is 2.72. The number of aliphatic hydroxyl groups is 1. The van der Waals surface area contributed by atoms with E-state index in [9.17, 15) is 9.90 Å². The van der Waals surface area contributed by atoms with Crippen molar-refractivity contribution < 1.29 is 19.4 Å². The largest absolute Gasteiger partial charge is 0.486 e. The SMILES string of the molecule is CCO[C@H]1CC[C@@]2(O)C3Cc4ccc(C=O)c5c4[C@@]2(CCN3C)C1O5. The minimum atomic E-state index is -0.821. The number of benzene rings is 1. The smallest absolute Gasteiger partial charge is 0.153 e. The quantitative estimate of drug-likeness (QED) is 0.847. The molecule has 0 radical (unpaired) electrons. The zero-order valence-electron chi connectivity index (χ0n) is 14.8. The van der Waals surface area contributed by atoms with Crippen molar-refractivity contribution in [3.05, 3.63) is 28.8 Å². The van der Waals surface area contributed by atoms with E-state index in [-0.39, 0.29) is 18.2 Å². The molecule has 1 aromatic carbocycles. The Hall–Kier alpha value is -1.43. The van der Waals surface area contributed by atoms with Crippen LogP contribution in [0, 0.1) is 0 Å². The first kappa shape index (κ1) is 15.8. The molecule has 2 bridgehead atoms. The number of piperidine rings is 1. The van der Waals surface area contributed by atoms with Gasteiger partial charge in [-0.25, -0.2) is 0 Å². The standard InChI is InChI=1S/C20H25NO4/c1-3-24-14-6-7-20(23)15-10-12-4-5-13(11-22)17-16(12)19(20,18(14)25-17)8-9-21(15)2/h4-5,11,14-15,18,23H,3,6-10H2,1-2H3/t14-,15?,18?,19-,20+/m0/s1. The van der Waals surface area contributed by atoms with E-state index in [0.29, 0.717) is 17.9 Å². The van der Waals surface area contributed by atoms with Crippen molar-refractivity contribution in [2.75, 3.05) is 20.2 Å². The van der Waals surface area contributed by atoms with E-state index in [0.717, 1.165) is 44.1 Å². The molecule has 2 heterocycles. The van der Waals surface area contributed by atoms with Gasteiger partial charge in [-0.15, -0.1) is 0 Å². The summed E-state index contributed by atoms with van der Waals surface area (Å²) in [5.74, 6) is 0.700. The van der Waals surface area contributed by atoms with Gasteiger partial charge in [0.1, 0.15) is 11.9 Å². The second kappa shape index (κ2) is 5.06. The minimum Gasteiger partial charge on any atom is -0.486 e. The van der Waals surface area contributed by atoms with Gasteiger partial charge in [0.25, 0.3) is 0 Å². The lowest BCUT2D eigenvalue weighted by Gasteiger charge is -2.63. The van der Waals surface area contributed by atoms with Gasteiger partial charge in [0.05, 0.1) is 22.7 Å². The van der Waals surface area contributed by atoms with Gasteiger partial charge in [-0.2, -0.15) is 0 Å². The number of carbonyl (C=O) groups is 1. The maximum atomic E-state index is 12.0. The second-order valence-corrected chi connectivity index (χ2v) is 8.05. The summed E-state index contributed by atoms with van der Waals surface area (Å²) in [7, 11) is 2.11. The molecule has 5 nitrogen and oxygen atoms in total. The monoisotopic (exact) mass is 343 g/mol. The third kappa shape index (κ3) is 1.67. The molecule has 1 spiro atoms. The van der Waals surface area contributed by atoms with Crippen molar-refractivity contribution in [2.24, 2.45) is 0 Å². The average molecular weight is 343 g/mol. The number of nitrogens with zero attached hydrogens (tertiary/aromatic N) is 1. The summed E-state index contributed by atoms with van der Waals surface area (Å²) in [6.45, 7) is 3.56. The topological polar surface area (TPSA) is 59.0 Å². The van der Waals surface area contributed by atoms with Crippen molar-refractivity contribution >= 4 is 6.29 Å². The number of likely N-dealkylation sites (N-methyl/N-ethyl adjacent to an activating group) is 1. The van der Waals surface area contributed by atoms with Crippen molar-refractivity contribution in [2.45, 2.75) is 61.9 Å². The third-order valence-corrected chi connectivity index (χ3v) is 7.23. The number of aldehydes is 1. The predicted octanol–water partition coefficient (Wildman–Crippen LogP) is 1.69. The number of hydrogen-bond acceptors (Lipinski definition) is 5. The van der Waals surface area contributed by atoms with Crippen LogP contribution >= 0.6 is 0 Å². The molecule has 25 heavy (non-hydrogen) atoms. The average Bonchev–Trinajstić information content (AvgIpc) is 2.96. The molecule has 5 atom stereocenters. The number of likely N-dealkylation sites (tertiary alicyclic amines) is 1. The normalized spacial score (nSPS) is 41.2. The highest BCUT2D eigenvalue weighted by Crippen LogP contribution is 2.64. The van der Waals surface area contributed by atoms with Gasteiger partial charge in [-0.3, -0.25) is 4.79 Å². The van der Waals surface area contributed by atoms with Gasteiger partial charge in [-0.1, -0.05) is 6.07 Å². The van der Waals surface area contributed by atoms with Crippen LogP contribution in [0.2, 0.25) is 0 Å². The Kier molecular flexibility index (Phi) is 3.20. The zero-order chi connectivity index (χ0) is 17.4. The Balaban J connectivity index is 1.79. The first-order chi connectivity index (χ1) is 12.1. The molecule has 2 aliphatic carbocycles. The van der Waals surface area contributed by atoms with Crippen molar-refractivity contribution in [3.63, 3.8) is 0 Å². The summed E-state index contributed by atoms with van der Waals surface area (Å²) in [4.78, 5) is 13.9. The van der Waals surface area contributed by atoms with Crippen molar-refractivity contribution in [1.29, 1.82) is 0 Å². The minimum absolute atomic E-state index is 0.0350. The molecular formula is C20H25NO4. The molecule has 0 aromatic heterocycles. The first-order valence-electron chi connectivity index (χ1n) is 9.39. The first-order valence-corrected chi connectivity index (χ1v) is 9.39. The highest BCUT2D eigenvalue weighted by atomic mass is 16.5. The van der Waals surface area contributed by atoms with Gasteiger partial charge < -0.3 is 19.5 Å². The van der Waals surface area contributed by atoms with Gasteiger partial charge >= 0.3 is 0 Å². The van der Waals surface area contributed by atoms with Crippen LogP contribution in [0.25, 0.3) is 0 Å². The van der Waals surface area contributed by atoms with E-state index in [4.69, 9.17) is 9.47 Å². The Labute approximate surface area is 147 Å². The van der Waals surface area contributed by atoms with Gasteiger partial charge in [0.15, 0.2) is 6.29 Å².